The second-order valence-electron chi connectivity index (χ2n) is 4.86. The predicted molar refractivity (Wildman–Crippen MR) is 76.3 cm³/mol. The van der Waals surface area contributed by atoms with Crippen molar-refractivity contribution in [1.82, 2.24) is 14.9 Å². The molecule has 2 rings (SSSR count). The summed E-state index contributed by atoms with van der Waals surface area (Å²) in [6.45, 7) is 3.47. The van der Waals surface area contributed by atoms with Crippen LogP contribution in [0.25, 0.3) is 0 Å². The van der Waals surface area contributed by atoms with E-state index in [0.29, 0.717) is 17.9 Å². The summed E-state index contributed by atoms with van der Waals surface area (Å²) in [4.78, 5) is 34.9. The number of carbonyl (C=O) groups is 2. The molecule has 0 aromatic carbocycles. The number of likely N-dealkylation sites (tertiary alicyclic amines) is 1. The number of hydrogen-bond acceptors (Lipinski definition) is 5. The minimum atomic E-state index is 0.0363. The van der Waals surface area contributed by atoms with Crippen LogP contribution in [0.1, 0.15) is 29.0 Å². The van der Waals surface area contributed by atoms with Crippen molar-refractivity contribution in [1.29, 1.82) is 0 Å². The number of halogens is 1. The number of carbonyl (C=O) groups excluding carboxylic acids is 2. The summed E-state index contributed by atoms with van der Waals surface area (Å²) in [5.74, 6) is 0.898. The number of aryl methyl sites for hydroxylation is 1. The molecule has 0 unspecified atom stereocenters. The van der Waals surface area contributed by atoms with Crippen LogP contribution in [0.2, 0.25) is 5.15 Å². The minimum absolute atomic E-state index is 0.0363. The maximum atomic E-state index is 12.1. The smallest absolute Gasteiger partial charge is 0.242 e. The third-order valence-corrected chi connectivity index (χ3v) is 3.59. The highest BCUT2D eigenvalue weighted by atomic mass is 35.5. The maximum absolute atomic E-state index is 12.1. The second kappa shape index (κ2) is 6.17. The van der Waals surface area contributed by atoms with Crippen molar-refractivity contribution in [2.75, 3.05) is 31.6 Å². The Morgan fingerprint density at radius 2 is 2.05 bits per heavy atom. The zero-order valence-electron chi connectivity index (χ0n) is 11.6. The molecule has 0 atom stereocenters. The second-order valence-corrected chi connectivity index (χ2v) is 5.22. The first-order valence-corrected chi connectivity index (χ1v) is 6.89. The molecule has 1 saturated heterocycles. The van der Waals surface area contributed by atoms with E-state index in [-0.39, 0.29) is 23.2 Å². The lowest BCUT2D eigenvalue weighted by atomic mass is 10.3. The Bertz CT molecular complexity index is 529. The molecule has 0 spiro atoms. The molecular formula is C13H17ClN4O2. The van der Waals surface area contributed by atoms with Gasteiger partial charge in [-0.1, -0.05) is 11.6 Å². The molecule has 6 nitrogen and oxygen atoms in total. The van der Waals surface area contributed by atoms with Gasteiger partial charge < -0.3 is 9.80 Å². The highest BCUT2D eigenvalue weighted by molar-refractivity contribution is 6.32. The van der Waals surface area contributed by atoms with Gasteiger partial charge in [-0.25, -0.2) is 9.97 Å². The molecule has 0 radical (unpaired) electrons. The third kappa shape index (κ3) is 3.07. The molecule has 1 fully saturated rings. The molecule has 7 heteroatoms. The predicted octanol–water partition coefficient (Wildman–Crippen LogP) is 1.31. The highest BCUT2D eigenvalue weighted by Crippen LogP contribution is 2.22. The van der Waals surface area contributed by atoms with E-state index >= 15 is 0 Å². The average molecular weight is 297 g/mol. The van der Waals surface area contributed by atoms with Crippen LogP contribution in [0.3, 0.4) is 0 Å². The fourth-order valence-corrected chi connectivity index (χ4v) is 2.52. The first-order chi connectivity index (χ1) is 9.52. The van der Waals surface area contributed by atoms with Gasteiger partial charge in [-0.05, 0) is 19.8 Å². The first-order valence-electron chi connectivity index (χ1n) is 6.51. The Labute approximate surface area is 122 Å². The van der Waals surface area contributed by atoms with Crippen molar-refractivity contribution >= 4 is 29.6 Å². The Balaban J connectivity index is 2.18. The summed E-state index contributed by atoms with van der Waals surface area (Å²) in [5, 5.41) is 0.114. The molecule has 1 aromatic heterocycles. The first kappa shape index (κ1) is 14.7. The van der Waals surface area contributed by atoms with Gasteiger partial charge in [-0.15, -0.1) is 0 Å². The number of aldehydes is 1. The number of hydrogen-bond donors (Lipinski definition) is 0. The topological polar surface area (TPSA) is 66.4 Å². The van der Waals surface area contributed by atoms with Crippen molar-refractivity contribution < 1.29 is 9.59 Å². The van der Waals surface area contributed by atoms with E-state index in [9.17, 15) is 9.59 Å². The lowest BCUT2D eigenvalue weighted by molar-refractivity contribution is -0.128. The largest absolute Gasteiger partial charge is 0.350 e. The summed E-state index contributed by atoms with van der Waals surface area (Å²) in [6, 6.07) is 0. The van der Waals surface area contributed by atoms with Gasteiger partial charge in [-0.2, -0.15) is 0 Å². The number of nitrogens with zero attached hydrogens (tertiary/aromatic N) is 4. The molecule has 0 aliphatic carbocycles. The van der Waals surface area contributed by atoms with E-state index in [1.165, 1.54) is 0 Å². The Morgan fingerprint density at radius 3 is 2.65 bits per heavy atom. The summed E-state index contributed by atoms with van der Waals surface area (Å²) in [5.41, 5.74) is 0.217. The van der Waals surface area contributed by atoms with Gasteiger partial charge in [0, 0.05) is 20.1 Å². The van der Waals surface area contributed by atoms with Crippen LogP contribution in [0.4, 0.5) is 5.82 Å². The van der Waals surface area contributed by atoms with Crippen molar-refractivity contribution in [3.05, 3.63) is 16.5 Å². The Hall–Kier alpha value is -1.69. The molecule has 1 aliphatic heterocycles. The SMILES string of the molecule is Cc1nc(Cl)c(C=O)c(N(C)CC(=O)N2CCCC2)n1. The lowest BCUT2D eigenvalue weighted by Gasteiger charge is -2.23. The molecule has 0 saturated carbocycles. The van der Waals surface area contributed by atoms with Crippen LogP contribution >= 0.6 is 11.6 Å². The number of rotatable bonds is 4. The van der Waals surface area contributed by atoms with Gasteiger partial charge in [0.2, 0.25) is 5.91 Å². The molecule has 1 aromatic rings. The lowest BCUT2D eigenvalue weighted by Crippen LogP contribution is -2.38. The van der Waals surface area contributed by atoms with Gasteiger partial charge in [0.25, 0.3) is 0 Å². The molecule has 108 valence electrons. The number of aromatic nitrogens is 2. The molecular weight excluding hydrogens is 280 g/mol. The third-order valence-electron chi connectivity index (χ3n) is 3.30. The van der Waals surface area contributed by atoms with Gasteiger partial charge >= 0.3 is 0 Å². The van der Waals surface area contributed by atoms with Crippen molar-refractivity contribution in [2.24, 2.45) is 0 Å². The molecule has 1 aliphatic rings. The van der Waals surface area contributed by atoms with E-state index < -0.39 is 0 Å². The van der Waals surface area contributed by atoms with Crippen molar-refractivity contribution in [3.63, 3.8) is 0 Å². The standard InChI is InChI=1S/C13H17ClN4O2/c1-9-15-12(14)10(8-19)13(16-9)17(2)7-11(20)18-5-3-4-6-18/h8H,3-7H2,1-2H3. The summed E-state index contributed by atoms with van der Waals surface area (Å²) in [6.07, 6.45) is 2.72. The quantitative estimate of drug-likeness (QED) is 0.619. The van der Waals surface area contributed by atoms with Gasteiger partial charge in [0.1, 0.15) is 16.8 Å². The zero-order chi connectivity index (χ0) is 14.7. The van der Waals surface area contributed by atoms with Crippen LogP contribution in [0, 0.1) is 6.92 Å². The molecule has 0 bridgehead atoms. The maximum Gasteiger partial charge on any atom is 0.242 e. The van der Waals surface area contributed by atoms with Gasteiger partial charge in [0.15, 0.2) is 6.29 Å². The molecule has 0 N–H and O–H groups in total. The molecule has 1 amide bonds. The highest BCUT2D eigenvalue weighted by Gasteiger charge is 2.22. The number of likely N-dealkylation sites (N-methyl/N-ethyl adjacent to an activating group) is 1. The van der Waals surface area contributed by atoms with Crippen LogP contribution in [0.15, 0.2) is 0 Å². The Kier molecular flexibility index (Phi) is 4.54. The monoisotopic (exact) mass is 296 g/mol. The Morgan fingerprint density at radius 1 is 1.40 bits per heavy atom. The van der Waals surface area contributed by atoms with E-state index in [1.807, 2.05) is 4.90 Å². The normalized spacial score (nSPS) is 14.4. The average Bonchev–Trinajstić information content (AvgIpc) is 2.91. The number of anilines is 1. The molecule has 2 heterocycles. The van der Waals surface area contributed by atoms with E-state index in [0.717, 1.165) is 25.9 Å². The van der Waals surface area contributed by atoms with Crippen LogP contribution in [-0.4, -0.2) is 53.7 Å². The van der Waals surface area contributed by atoms with Crippen LogP contribution < -0.4 is 4.90 Å². The minimum Gasteiger partial charge on any atom is -0.350 e. The fourth-order valence-electron chi connectivity index (χ4n) is 2.27. The summed E-state index contributed by atoms with van der Waals surface area (Å²) >= 11 is 5.94. The molecule has 20 heavy (non-hydrogen) atoms. The van der Waals surface area contributed by atoms with Crippen LogP contribution in [-0.2, 0) is 4.79 Å². The summed E-state index contributed by atoms with van der Waals surface area (Å²) < 4.78 is 0. The fraction of sp³-hybridized carbons (Fsp3) is 0.538. The van der Waals surface area contributed by atoms with E-state index in [1.54, 1.807) is 18.9 Å². The summed E-state index contributed by atoms with van der Waals surface area (Å²) in [7, 11) is 1.72. The number of amides is 1. The van der Waals surface area contributed by atoms with E-state index in [2.05, 4.69) is 9.97 Å². The van der Waals surface area contributed by atoms with Crippen molar-refractivity contribution in [3.8, 4) is 0 Å². The van der Waals surface area contributed by atoms with Crippen molar-refractivity contribution in [2.45, 2.75) is 19.8 Å². The van der Waals surface area contributed by atoms with Crippen LogP contribution in [0.5, 0.6) is 0 Å². The van der Waals surface area contributed by atoms with Gasteiger partial charge in [0.05, 0.1) is 12.1 Å². The zero-order valence-corrected chi connectivity index (χ0v) is 12.4. The van der Waals surface area contributed by atoms with E-state index in [4.69, 9.17) is 11.6 Å². The van der Waals surface area contributed by atoms with Gasteiger partial charge in [-0.3, -0.25) is 9.59 Å².